The number of ether oxygens (including phenoxy) is 1. The van der Waals surface area contributed by atoms with Crippen molar-refractivity contribution in [3.05, 3.63) is 69.8 Å². The largest absolute Gasteiger partial charge is 0.377 e. The Morgan fingerprint density at radius 1 is 1.17 bits per heavy atom. The highest BCUT2D eigenvalue weighted by Gasteiger charge is 2.27. The van der Waals surface area contributed by atoms with Gasteiger partial charge in [-0.3, -0.25) is 14.9 Å². The van der Waals surface area contributed by atoms with Crippen LogP contribution in [0.15, 0.2) is 48.5 Å². The maximum Gasteiger partial charge on any atom is 0.293 e. The Morgan fingerprint density at radius 3 is 2.71 bits per heavy atom. The predicted octanol–water partition coefficient (Wildman–Crippen LogP) is 2.34. The summed E-state index contributed by atoms with van der Waals surface area (Å²) < 4.78 is 5.65. The fourth-order valence-corrected chi connectivity index (χ4v) is 2.60. The third kappa shape index (κ3) is 3.52. The molecule has 24 heavy (non-hydrogen) atoms. The number of fused-ring (bicyclic) bond motifs is 1. The number of nitro benzene ring substituents is 1. The number of nitrogens with one attached hydrogen (secondary N) is 2. The zero-order valence-electron chi connectivity index (χ0n) is 12.9. The Labute approximate surface area is 138 Å². The molecule has 1 heterocycles. The lowest BCUT2D eigenvalue weighted by atomic mass is 10.1. The molecule has 0 spiro atoms. The molecule has 7 heteroatoms. The minimum absolute atomic E-state index is 0.103. The number of anilines is 1. The second-order valence-corrected chi connectivity index (χ2v) is 5.51. The van der Waals surface area contributed by atoms with E-state index in [0.717, 1.165) is 5.56 Å². The highest BCUT2D eigenvalue weighted by molar-refractivity contribution is 6.02. The molecule has 0 bridgehead atoms. The normalized spacial score (nSPS) is 16.5. The van der Waals surface area contributed by atoms with Crippen LogP contribution in [0.25, 0.3) is 0 Å². The molecule has 2 aromatic rings. The SMILES string of the molecule is O=C1N[C@@H](COCc2ccccc2)CNc2c1cccc2[N+](=O)[O-]. The number of carbonyl (C=O) groups is 1. The average molecular weight is 327 g/mol. The van der Waals surface area contributed by atoms with Crippen LogP contribution in [0.3, 0.4) is 0 Å². The molecule has 0 radical (unpaired) electrons. The van der Waals surface area contributed by atoms with Crippen molar-refractivity contribution < 1.29 is 14.5 Å². The summed E-state index contributed by atoms with van der Waals surface area (Å²) in [7, 11) is 0. The molecule has 0 unspecified atom stereocenters. The standard InChI is InChI=1S/C17H17N3O4/c21-17-14-7-4-8-15(20(22)23)16(14)18-9-13(19-17)11-24-10-12-5-2-1-3-6-12/h1-8,13,18H,9-11H2,(H,19,21)/t13-/m1/s1. The molecule has 1 atom stereocenters. The molecule has 7 nitrogen and oxygen atoms in total. The molecule has 2 N–H and O–H groups in total. The van der Waals surface area contributed by atoms with Gasteiger partial charge in [-0.15, -0.1) is 0 Å². The van der Waals surface area contributed by atoms with Crippen LogP contribution in [0.1, 0.15) is 15.9 Å². The van der Waals surface area contributed by atoms with Gasteiger partial charge in [-0.1, -0.05) is 36.4 Å². The zero-order chi connectivity index (χ0) is 16.9. The fourth-order valence-electron chi connectivity index (χ4n) is 2.60. The molecular weight excluding hydrogens is 310 g/mol. The van der Waals surface area contributed by atoms with Gasteiger partial charge in [0, 0.05) is 12.6 Å². The molecule has 1 amide bonds. The van der Waals surface area contributed by atoms with Gasteiger partial charge < -0.3 is 15.4 Å². The number of amides is 1. The Hall–Kier alpha value is -2.93. The Kier molecular flexibility index (Phi) is 4.72. The highest BCUT2D eigenvalue weighted by atomic mass is 16.6. The van der Waals surface area contributed by atoms with Gasteiger partial charge in [0.05, 0.1) is 29.7 Å². The van der Waals surface area contributed by atoms with Gasteiger partial charge in [0.25, 0.3) is 11.6 Å². The molecule has 1 aliphatic rings. The van der Waals surface area contributed by atoms with E-state index in [4.69, 9.17) is 4.74 Å². The van der Waals surface area contributed by atoms with Crippen LogP contribution in [0.4, 0.5) is 11.4 Å². The van der Waals surface area contributed by atoms with Crippen LogP contribution in [0, 0.1) is 10.1 Å². The van der Waals surface area contributed by atoms with Gasteiger partial charge in [0.1, 0.15) is 5.69 Å². The lowest BCUT2D eigenvalue weighted by Crippen LogP contribution is -2.40. The van der Waals surface area contributed by atoms with Crippen LogP contribution in [-0.4, -0.2) is 30.0 Å². The summed E-state index contributed by atoms with van der Waals surface area (Å²) in [4.78, 5) is 22.9. The number of carbonyl (C=O) groups excluding carboxylic acids is 1. The van der Waals surface area contributed by atoms with Gasteiger partial charge in [-0.05, 0) is 11.6 Å². The summed E-state index contributed by atoms with van der Waals surface area (Å²) in [6.07, 6.45) is 0. The summed E-state index contributed by atoms with van der Waals surface area (Å²) in [6.45, 7) is 1.12. The predicted molar refractivity (Wildman–Crippen MR) is 88.9 cm³/mol. The van der Waals surface area contributed by atoms with Gasteiger partial charge in [0.15, 0.2) is 0 Å². The van der Waals surface area contributed by atoms with E-state index in [1.165, 1.54) is 12.1 Å². The van der Waals surface area contributed by atoms with E-state index in [0.29, 0.717) is 19.8 Å². The molecule has 0 saturated carbocycles. The summed E-state index contributed by atoms with van der Waals surface area (Å²) in [5.74, 6) is -0.341. The van der Waals surface area contributed by atoms with Gasteiger partial charge in [-0.2, -0.15) is 0 Å². The molecule has 0 aromatic heterocycles. The number of hydrogen-bond donors (Lipinski definition) is 2. The molecule has 0 fully saturated rings. The van der Waals surface area contributed by atoms with E-state index in [9.17, 15) is 14.9 Å². The molecule has 2 aromatic carbocycles. The van der Waals surface area contributed by atoms with E-state index in [2.05, 4.69) is 10.6 Å². The lowest BCUT2D eigenvalue weighted by molar-refractivity contribution is -0.384. The van der Waals surface area contributed by atoms with E-state index in [1.807, 2.05) is 30.3 Å². The van der Waals surface area contributed by atoms with Crippen molar-refractivity contribution in [1.29, 1.82) is 0 Å². The fraction of sp³-hybridized carbons (Fsp3) is 0.235. The monoisotopic (exact) mass is 327 g/mol. The third-order valence-corrected chi connectivity index (χ3v) is 3.77. The minimum Gasteiger partial charge on any atom is -0.377 e. The Balaban J connectivity index is 1.65. The average Bonchev–Trinajstić information content (AvgIpc) is 2.75. The lowest BCUT2D eigenvalue weighted by Gasteiger charge is -2.16. The van der Waals surface area contributed by atoms with Crippen LogP contribution >= 0.6 is 0 Å². The second-order valence-electron chi connectivity index (χ2n) is 5.51. The van der Waals surface area contributed by atoms with Crippen molar-refractivity contribution >= 4 is 17.3 Å². The maximum absolute atomic E-state index is 12.3. The van der Waals surface area contributed by atoms with E-state index >= 15 is 0 Å². The molecule has 3 rings (SSSR count). The number of benzene rings is 2. The first-order chi connectivity index (χ1) is 11.6. The van der Waals surface area contributed by atoms with E-state index < -0.39 is 4.92 Å². The number of nitro groups is 1. The minimum atomic E-state index is -0.495. The van der Waals surface area contributed by atoms with E-state index in [-0.39, 0.29) is 28.9 Å². The number of rotatable bonds is 5. The third-order valence-electron chi connectivity index (χ3n) is 3.77. The van der Waals surface area contributed by atoms with Crippen LogP contribution < -0.4 is 10.6 Å². The van der Waals surface area contributed by atoms with E-state index in [1.54, 1.807) is 6.07 Å². The summed E-state index contributed by atoms with van der Waals surface area (Å²) in [5.41, 5.74) is 1.47. The smallest absolute Gasteiger partial charge is 0.293 e. The first-order valence-corrected chi connectivity index (χ1v) is 7.59. The summed E-state index contributed by atoms with van der Waals surface area (Å²) >= 11 is 0. The number of nitrogens with zero attached hydrogens (tertiary/aromatic N) is 1. The van der Waals surface area contributed by atoms with Gasteiger partial charge >= 0.3 is 0 Å². The molecule has 124 valence electrons. The zero-order valence-corrected chi connectivity index (χ0v) is 12.9. The van der Waals surface area contributed by atoms with Crippen molar-refractivity contribution in [3.63, 3.8) is 0 Å². The van der Waals surface area contributed by atoms with Crippen molar-refractivity contribution in [2.24, 2.45) is 0 Å². The Bertz CT molecular complexity index is 749. The highest BCUT2D eigenvalue weighted by Crippen LogP contribution is 2.29. The van der Waals surface area contributed by atoms with Gasteiger partial charge in [-0.25, -0.2) is 0 Å². The maximum atomic E-state index is 12.3. The molecular formula is C17H17N3O4. The first kappa shape index (κ1) is 15.9. The number of para-hydroxylation sites is 1. The molecule has 0 saturated heterocycles. The van der Waals surface area contributed by atoms with Crippen LogP contribution in [0.5, 0.6) is 0 Å². The van der Waals surface area contributed by atoms with Crippen molar-refractivity contribution in [1.82, 2.24) is 5.32 Å². The molecule has 1 aliphatic heterocycles. The number of hydrogen-bond acceptors (Lipinski definition) is 5. The second kappa shape index (κ2) is 7.10. The Morgan fingerprint density at radius 2 is 1.96 bits per heavy atom. The van der Waals surface area contributed by atoms with Crippen molar-refractivity contribution in [2.75, 3.05) is 18.5 Å². The van der Waals surface area contributed by atoms with Crippen molar-refractivity contribution in [3.8, 4) is 0 Å². The van der Waals surface area contributed by atoms with Gasteiger partial charge in [0.2, 0.25) is 0 Å². The topological polar surface area (TPSA) is 93.5 Å². The summed E-state index contributed by atoms with van der Waals surface area (Å²) in [5, 5.41) is 16.9. The van der Waals surface area contributed by atoms with Crippen LogP contribution in [-0.2, 0) is 11.3 Å². The first-order valence-electron chi connectivity index (χ1n) is 7.59. The quantitative estimate of drug-likeness (QED) is 0.649. The van der Waals surface area contributed by atoms with Crippen LogP contribution in [0.2, 0.25) is 0 Å². The van der Waals surface area contributed by atoms with Crippen molar-refractivity contribution in [2.45, 2.75) is 12.6 Å². The molecule has 0 aliphatic carbocycles. The summed E-state index contributed by atoms with van der Waals surface area (Å²) in [6, 6.07) is 13.9.